The summed E-state index contributed by atoms with van der Waals surface area (Å²) < 4.78 is 5.69. The lowest BCUT2D eigenvalue weighted by Gasteiger charge is -2.31. The number of aliphatic hydroxyl groups is 1. The van der Waals surface area contributed by atoms with Crippen LogP contribution in [0.2, 0.25) is 5.02 Å². The van der Waals surface area contributed by atoms with Crippen LogP contribution in [0.5, 0.6) is 5.75 Å². The maximum Gasteiger partial charge on any atom is 0.261 e. The molecule has 6 nitrogen and oxygen atoms in total. The molecule has 0 aliphatic rings. The van der Waals surface area contributed by atoms with E-state index in [1.807, 2.05) is 60.7 Å². The van der Waals surface area contributed by atoms with Gasteiger partial charge in [-0.1, -0.05) is 72.3 Å². The molecule has 3 aromatic rings. The van der Waals surface area contributed by atoms with Crippen LogP contribution in [0.1, 0.15) is 23.6 Å². The van der Waals surface area contributed by atoms with Crippen LogP contribution in [-0.2, 0) is 16.1 Å². The van der Waals surface area contributed by atoms with Gasteiger partial charge in [-0.2, -0.15) is 0 Å². The van der Waals surface area contributed by atoms with Crippen molar-refractivity contribution in [2.45, 2.75) is 19.0 Å². The lowest BCUT2D eigenvalue weighted by molar-refractivity contribution is -0.143. The van der Waals surface area contributed by atoms with Gasteiger partial charge in [-0.25, -0.2) is 0 Å². The largest absolute Gasteiger partial charge is 0.484 e. The molecule has 0 aliphatic heterocycles. The van der Waals surface area contributed by atoms with E-state index in [2.05, 4.69) is 5.32 Å². The van der Waals surface area contributed by atoms with E-state index in [9.17, 15) is 9.59 Å². The normalized spacial score (nSPS) is 11.5. The van der Waals surface area contributed by atoms with Gasteiger partial charge in [0.15, 0.2) is 6.61 Å². The average molecular weight is 467 g/mol. The number of hydrogen-bond donors (Lipinski definition) is 2. The molecule has 7 heteroatoms. The zero-order valence-electron chi connectivity index (χ0n) is 18.2. The Morgan fingerprint density at radius 1 is 0.939 bits per heavy atom. The van der Waals surface area contributed by atoms with Crippen molar-refractivity contribution < 1.29 is 19.4 Å². The molecule has 0 heterocycles. The zero-order valence-corrected chi connectivity index (χ0v) is 18.9. The molecule has 0 bridgehead atoms. The number of rotatable bonds is 11. The number of amides is 2. The van der Waals surface area contributed by atoms with Gasteiger partial charge in [-0.3, -0.25) is 9.59 Å². The second-order valence-corrected chi connectivity index (χ2v) is 7.87. The third-order valence-electron chi connectivity index (χ3n) is 5.00. The summed E-state index contributed by atoms with van der Waals surface area (Å²) in [6, 6.07) is 24.5. The van der Waals surface area contributed by atoms with E-state index in [1.54, 1.807) is 24.3 Å². The van der Waals surface area contributed by atoms with E-state index in [-0.39, 0.29) is 31.6 Å². The van der Waals surface area contributed by atoms with Crippen molar-refractivity contribution in [3.8, 4) is 5.75 Å². The fourth-order valence-corrected chi connectivity index (χ4v) is 3.48. The van der Waals surface area contributed by atoms with E-state index in [0.29, 0.717) is 29.3 Å². The second kappa shape index (κ2) is 12.6. The van der Waals surface area contributed by atoms with Gasteiger partial charge in [0.1, 0.15) is 11.8 Å². The maximum absolute atomic E-state index is 13.4. The van der Waals surface area contributed by atoms with E-state index in [0.717, 1.165) is 5.56 Å². The highest BCUT2D eigenvalue weighted by atomic mass is 35.5. The predicted octanol–water partition coefficient (Wildman–Crippen LogP) is 3.99. The van der Waals surface area contributed by atoms with Crippen molar-refractivity contribution in [2.24, 2.45) is 0 Å². The number of aliphatic hydroxyl groups excluding tert-OH is 1. The number of nitrogens with zero attached hydrogens (tertiary/aromatic N) is 1. The highest BCUT2D eigenvalue weighted by Gasteiger charge is 2.31. The zero-order chi connectivity index (χ0) is 23.5. The van der Waals surface area contributed by atoms with E-state index in [1.165, 1.54) is 4.90 Å². The molecule has 3 aromatic carbocycles. The van der Waals surface area contributed by atoms with Crippen LogP contribution in [0, 0.1) is 0 Å². The molecule has 172 valence electrons. The summed E-state index contributed by atoms with van der Waals surface area (Å²) in [4.78, 5) is 28.1. The Labute approximate surface area is 198 Å². The molecule has 2 amide bonds. The van der Waals surface area contributed by atoms with Gasteiger partial charge in [-0.05, 0) is 41.8 Å². The molecule has 0 radical (unpaired) electrons. The number of carbonyl (C=O) groups is 2. The van der Waals surface area contributed by atoms with Crippen LogP contribution < -0.4 is 10.1 Å². The summed E-state index contributed by atoms with van der Waals surface area (Å²) in [5.41, 5.74) is 1.51. The van der Waals surface area contributed by atoms with Crippen LogP contribution in [-0.4, -0.2) is 41.6 Å². The molecule has 2 N–H and O–H groups in total. The maximum atomic E-state index is 13.4. The van der Waals surface area contributed by atoms with Gasteiger partial charge in [0, 0.05) is 24.7 Å². The number of ether oxygens (including phenoxy) is 1. The van der Waals surface area contributed by atoms with E-state index >= 15 is 0 Å². The molecular weight excluding hydrogens is 440 g/mol. The van der Waals surface area contributed by atoms with Crippen molar-refractivity contribution in [3.05, 3.63) is 101 Å². The third kappa shape index (κ3) is 7.34. The number of para-hydroxylation sites is 1. The Kier molecular flexibility index (Phi) is 9.30. The van der Waals surface area contributed by atoms with Crippen LogP contribution in [0.4, 0.5) is 0 Å². The highest BCUT2D eigenvalue weighted by molar-refractivity contribution is 6.30. The molecule has 0 aliphatic carbocycles. The summed E-state index contributed by atoms with van der Waals surface area (Å²) in [6.45, 7) is 0.253. The number of benzene rings is 3. The minimum atomic E-state index is -0.868. The number of halogens is 1. The van der Waals surface area contributed by atoms with Crippen LogP contribution in [0.3, 0.4) is 0 Å². The van der Waals surface area contributed by atoms with Gasteiger partial charge in [0.25, 0.3) is 5.91 Å². The third-order valence-corrected chi connectivity index (χ3v) is 5.25. The summed E-state index contributed by atoms with van der Waals surface area (Å²) in [6.07, 6.45) is 0.426. The number of nitrogens with one attached hydrogen (secondary N) is 1. The molecule has 0 saturated heterocycles. The second-order valence-electron chi connectivity index (χ2n) is 7.43. The monoisotopic (exact) mass is 466 g/mol. The summed E-state index contributed by atoms with van der Waals surface area (Å²) in [7, 11) is 0. The molecule has 0 spiro atoms. The predicted molar refractivity (Wildman–Crippen MR) is 128 cm³/mol. The van der Waals surface area contributed by atoms with Crippen molar-refractivity contribution in [2.75, 3.05) is 19.8 Å². The van der Waals surface area contributed by atoms with Crippen molar-refractivity contribution in [1.29, 1.82) is 0 Å². The molecule has 3 rings (SSSR count). The lowest BCUT2D eigenvalue weighted by Crippen LogP contribution is -2.45. The molecule has 33 heavy (non-hydrogen) atoms. The summed E-state index contributed by atoms with van der Waals surface area (Å²) in [5, 5.41) is 12.5. The Morgan fingerprint density at radius 3 is 2.21 bits per heavy atom. The number of carbonyl (C=O) groups excluding carboxylic acids is 2. The molecule has 0 aromatic heterocycles. The Balaban J connectivity index is 1.90. The van der Waals surface area contributed by atoms with Gasteiger partial charge in [0.2, 0.25) is 5.91 Å². The Bertz CT molecular complexity index is 1010. The average Bonchev–Trinajstić information content (AvgIpc) is 2.85. The SMILES string of the molecule is O=C(NCCCO)[C@@H](c1ccccc1)N(Cc1ccc(Cl)cc1)C(=O)COc1ccccc1. The first-order valence-corrected chi connectivity index (χ1v) is 11.1. The van der Waals surface area contributed by atoms with E-state index < -0.39 is 6.04 Å². The highest BCUT2D eigenvalue weighted by Crippen LogP contribution is 2.25. The van der Waals surface area contributed by atoms with Crippen LogP contribution in [0.15, 0.2) is 84.9 Å². The minimum Gasteiger partial charge on any atom is -0.484 e. The van der Waals surface area contributed by atoms with Crippen LogP contribution >= 0.6 is 11.6 Å². The van der Waals surface area contributed by atoms with Crippen LogP contribution in [0.25, 0.3) is 0 Å². The van der Waals surface area contributed by atoms with E-state index in [4.69, 9.17) is 21.4 Å². The van der Waals surface area contributed by atoms with Gasteiger partial charge >= 0.3 is 0 Å². The minimum absolute atomic E-state index is 0.0331. The molecule has 0 fully saturated rings. The fourth-order valence-electron chi connectivity index (χ4n) is 3.35. The molecule has 1 atom stereocenters. The molecule has 0 saturated carbocycles. The number of hydrogen-bond acceptors (Lipinski definition) is 4. The fraction of sp³-hybridized carbons (Fsp3) is 0.231. The van der Waals surface area contributed by atoms with Crippen molar-refractivity contribution in [3.63, 3.8) is 0 Å². The summed E-state index contributed by atoms with van der Waals surface area (Å²) in [5.74, 6) is -0.0856. The summed E-state index contributed by atoms with van der Waals surface area (Å²) >= 11 is 6.02. The van der Waals surface area contributed by atoms with Crippen molar-refractivity contribution in [1.82, 2.24) is 10.2 Å². The van der Waals surface area contributed by atoms with Crippen molar-refractivity contribution >= 4 is 23.4 Å². The van der Waals surface area contributed by atoms with Gasteiger partial charge < -0.3 is 20.1 Å². The first-order valence-electron chi connectivity index (χ1n) is 10.7. The lowest BCUT2D eigenvalue weighted by atomic mass is 10.0. The Hall–Kier alpha value is -3.35. The van der Waals surface area contributed by atoms with Gasteiger partial charge in [-0.15, -0.1) is 0 Å². The quantitative estimate of drug-likeness (QED) is 0.419. The molecule has 0 unspecified atom stereocenters. The first kappa shape index (κ1) is 24.3. The Morgan fingerprint density at radius 2 is 1.58 bits per heavy atom. The standard InChI is InChI=1S/C26H27ClN2O4/c27-22-14-12-20(13-15-22)18-29(24(31)19-33-23-10-5-2-6-11-23)25(21-8-3-1-4-9-21)26(32)28-16-7-17-30/h1-6,8-15,25,30H,7,16-19H2,(H,28,32)/t25-/m1/s1. The van der Waals surface area contributed by atoms with Gasteiger partial charge in [0.05, 0.1) is 0 Å². The topological polar surface area (TPSA) is 78.9 Å². The smallest absolute Gasteiger partial charge is 0.261 e. The first-order chi connectivity index (χ1) is 16.1. The molecular formula is C26H27ClN2O4.